The number of ether oxygens (including phenoxy) is 4. The Bertz CT molecular complexity index is 1090. The molecule has 1 saturated heterocycles. The molecule has 1 fully saturated rings. The van der Waals surface area contributed by atoms with Crippen LogP contribution in [0.4, 0.5) is 5.69 Å². The summed E-state index contributed by atoms with van der Waals surface area (Å²) in [6.07, 6.45) is 0. The number of hydrogen-bond donors (Lipinski definition) is 2. The van der Waals surface area contributed by atoms with Gasteiger partial charge < -0.3 is 29.2 Å². The highest BCUT2D eigenvalue weighted by atomic mass is 16.6. The van der Waals surface area contributed by atoms with E-state index in [2.05, 4.69) is 9.80 Å². The van der Waals surface area contributed by atoms with Crippen LogP contribution < -0.4 is 18.9 Å². The van der Waals surface area contributed by atoms with Gasteiger partial charge in [0.05, 0.1) is 39.4 Å². The molecule has 3 rings (SSSR count). The third-order valence-corrected chi connectivity index (χ3v) is 5.71. The lowest BCUT2D eigenvalue weighted by molar-refractivity contribution is -0.385. The van der Waals surface area contributed by atoms with E-state index in [1.165, 1.54) is 20.3 Å². The molecule has 0 saturated carbocycles. The van der Waals surface area contributed by atoms with E-state index in [1.54, 1.807) is 20.3 Å². The number of benzene rings is 2. The number of piperazine rings is 1. The van der Waals surface area contributed by atoms with Gasteiger partial charge in [-0.3, -0.25) is 19.9 Å². The molecule has 2 aromatic rings. The first-order valence-corrected chi connectivity index (χ1v) is 11.1. The van der Waals surface area contributed by atoms with Gasteiger partial charge in [-0.25, -0.2) is 9.59 Å². The van der Waals surface area contributed by atoms with Crippen molar-refractivity contribution in [2.24, 2.45) is 0 Å². The minimum Gasteiger partial charge on any atom is -0.497 e. The summed E-state index contributed by atoms with van der Waals surface area (Å²) in [5, 5.41) is 26.3. The zero-order valence-corrected chi connectivity index (χ0v) is 21.1. The van der Waals surface area contributed by atoms with E-state index in [0.717, 1.165) is 49.8 Å². The summed E-state index contributed by atoms with van der Waals surface area (Å²) in [5.74, 6) is -1.22. The Kier molecular flexibility index (Phi) is 10.9. The Morgan fingerprint density at radius 1 is 0.784 bits per heavy atom. The zero-order valence-electron chi connectivity index (χ0n) is 21.1. The fraction of sp³-hybridized carbons (Fsp3) is 0.417. The molecule has 2 N–H and O–H groups in total. The number of aliphatic carboxylic acids is 2. The van der Waals surface area contributed by atoms with Crippen molar-refractivity contribution in [1.29, 1.82) is 0 Å². The van der Waals surface area contributed by atoms with Gasteiger partial charge in [-0.1, -0.05) is 6.07 Å². The summed E-state index contributed by atoms with van der Waals surface area (Å²) in [5.41, 5.74) is 1.77. The molecule has 1 heterocycles. The van der Waals surface area contributed by atoms with Crippen molar-refractivity contribution < 1.29 is 43.7 Å². The first-order chi connectivity index (χ1) is 17.6. The molecule has 2 aromatic carbocycles. The van der Waals surface area contributed by atoms with Crippen molar-refractivity contribution in [3.05, 3.63) is 51.6 Å². The quantitative estimate of drug-likeness (QED) is 0.281. The van der Waals surface area contributed by atoms with Gasteiger partial charge in [0.2, 0.25) is 0 Å². The maximum atomic E-state index is 11.6. The molecule has 13 nitrogen and oxygen atoms in total. The first-order valence-electron chi connectivity index (χ1n) is 11.1. The van der Waals surface area contributed by atoms with Crippen molar-refractivity contribution in [1.82, 2.24) is 9.80 Å². The van der Waals surface area contributed by atoms with E-state index in [4.69, 9.17) is 38.7 Å². The second-order valence-electron chi connectivity index (χ2n) is 7.93. The fourth-order valence-corrected chi connectivity index (χ4v) is 3.78. The molecular formula is C24H31N3O10. The summed E-state index contributed by atoms with van der Waals surface area (Å²) >= 11 is 0. The van der Waals surface area contributed by atoms with Crippen molar-refractivity contribution >= 4 is 17.6 Å². The number of rotatable bonds is 9. The Balaban J connectivity index is 0.000000717. The number of hydrogen-bond acceptors (Lipinski definition) is 10. The van der Waals surface area contributed by atoms with E-state index in [9.17, 15) is 10.1 Å². The number of nitro groups is 1. The van der Waals surface area contributed by atoms with Crippen LogP contribution in [0.5, 0.6) is 23.0 Å². The number of methoxy groups -OCH3 is 4. The van der Waals surface area contributed by atoms with Gasteiger partial charge in [0.25, 0.3) is 5.69 Å². The van der Waals surface area contributed by atoms with Crippen molar-refractivity contribution in [2.45, 2.75) is 13.1 Å². The predicted octanol–water partition coefficient (Wildman–Crippen LogP) is 2.10. The van der Waals surface area contributed by atoms with Crippen LogP contribution in [0.3, 0.4) is 0 Å². The number of carboxylic acids is 2. The molecule has 202 valence electrons. The maximum Gasteiger partial charge on any atom is 0.414 e. The van der Waals surface area contributed by atoms with Gasteiger partial charge in [0.15, 0.2) is 11.5 Å². The summed E-state index contributed by atoms with van der Waals surface area (Å²) in [4.78, 5) is 34.0. The SMILES string of the molecule is COc1ccc(CN2CCN(Cc3cc(OC)c(OC)cc3[N+](=O)[O-])CC2)c(OC)c1.O=C(O)C(=O)O. The molecule has 0 amide bonds. The monoisotopic (exact) mass is 521 g/mol. The summed E-state index contributed by atoms with van der Waals surface area (Å²) in [6.45, 7) is 4.59. The van der Waals surface area contributed by atoms with Crippen molar-refractivity contribution in [3.63, 3.8) is 0 Å². The third-order valence-electron chi connectivity index (χ3n) is 5.71. The van der Waals surface area contributed by atoms with E-state index >= 15 is 0 Å². The van der Waals surface area contributed by atoms with Gasteiger partial charge in [-0.2, -0.15) is 0 Å². The molecule has 37 heavy (non-hydrogen) atoms. The molecule has 1 aliphatic rings. The largest absolute Gasteiger partial charge is 0.497 e. The lowest BCUT2D eigenvalue weighted by Crippen LogP contribution is -2.45. The second-order valence-corrected chi connectivity index (χ2v) is 7.93. The Labute approximate surface area is 213 Å². The number of carboxylic acid groups (broad SMARTS) is 2. The normalized spacial score (nSPS) is 13.6. The minimum atomic E-state index is -1.82. The summed E-state index contributed by atoms with van der Waals surface area (Å²) in [6, 6.07) is 8.98. The van der Waals surface area contributed by atoms with E-state index in [-0.39, 0.29) is 10.6 Å². The molecule has 0 bridgehead atoms. The zero-order chi connectivity index (χ0) is 27.5. The molecule has 13 heteroatoms. The smallest absolute Gasteiger partial charge is 0.414 e. The summed E-state index contributed by atoms with van der Waals surface area (Å²) < 4.78 is 21.3. The summed E-state index contributed by atoms with van der Waals surface area (Å²) in [7, 11) is 6.29. The molecule has 1 aliphatic heterocycles. The Hall–Kier alpha value is -4.10. The van der Waals surface area contributed by atoms with Gasteiger partial charge in [-0.15, -0.1) is 0 Å². The maximum absolute atomic E-state index is 11.6. The second kappa shape index (κ2) is 13.8. The van der Waals surface area contributed by atoms with Crippen LogP contribution >= 0.6 is 0 Å². The highest BCUT2D eigenvalue weighted by Crippen LogP contribution is 2.35. The van der Waals surface area contributed by atoms with Crippen LogP contribution in [-0.4, -0.2) is 91.5 Å². The highest BCUT2D eigenvalue weighted by molar-refractivity contribution is 6.27. The number of carbonyl (C=O) groups is 2. The Morgan fingerprint density at radius 3 is 1.70 bits per heavy atom. The van der Waals surface area contributed by atoms with Gasteiger partial charge >= 0.3 is 11.9 Å². The minimum absolute atomic E-state index is 0.0445. The van der Waals surface area contributed by atoms with Gasteiger partial charge in [0, 0.05) is 56.5 Å². The topological polar surface area (TPSA) is 161 Å². The standard InChI is InChI=1S/C22H29N3O6.C2H2O4/c1-28-18-6-5-16(20(12-18)29-2)14-23-7-9-24(10-8-23)15-17-11-21(30-3)22(31-4)13-19(17)25(26)27;3-1(4)2(5)6/h5-6,11-13H,7-10,14-15H2,1-4H3;(H,3,4)(H,5,6). The van der Waals surface area contributed by atoms with E-state index in [0.29, 0.717) is 23.6 Å². The van der Waals surface area contributed by atoms with Crippen LogP contribution in [0.2, 0.25) is 0 Å². The average Bonchev–Trinajstić information content (AvgIpc) is 2.89. The lowest BCUT2D eigenvalue weighted by atomic mass is 10.1. The average molecular weight is 522 g/mol. The molecule has 0 unspecified atom stereocenters. The molecular weight excluding hydrogens is 490 g/mol. The van der Waals surface area contributed by atoms with Crippen LogP contribution in [0.25, 0.3) is 0 Å². The fourth-order valence-electron chi connectivity index (χ4n) is 3.78. The molecule has 0 aromatic heterocycles. The van der Waals surface area contributed by atoms with Crippen LogP contribution in [0.1, 0.15) is 11.1 Å². The molecule has 0 atom stereocenters. The van der Waals surface area contributed by atoms with Crippen molar-refractivity contribution in [3.8, 4) is 23.0 Å². The third kappa shape index (κ3) is 8.22. The van der Waals surface area contributed by atoms with Crippen LogP contribution in [0, 0.1) is 10.1 Å². The van der Waals surface area contributed by atoms with Crippen molar-refractivity contribution in [2.75, 3.05) is 54.6 Å². The highest BCUT2D eigenvalue weighted by Gasteiger charge is 2.24. The van der Waals surface area contributed by atoms with Gasteiger partial charge in [0.1, 0.15) is 11.5 Å². The van der Waals surface area contributed by atoms with Crippen LogP contribution in [0.15, 0.2) is 30.3 Å². The lowest BCUT2D eigenvalue weighted by Gasteiger charge is -2.35. The first kappa shape index (κ1) is 29.1. The number of nitrogens with zero attached hydrogens (tertiary/aromatic N) is 3. The Morgan fingerprint density at radius 2 is 1.27 bits per heavy atom. The molecule has 0 spiro atoms. The molecule has 0 aliphatic carbocycles. The van der Waals surface area contributed by atoms with Gasteiger partial charge in [-0.05, 0) is 12.1 Å². The predicted molar refractivity (Wildman–Crippen MR) is 132 cm³/mol. The number of nitro benzene ring substituents is 1. The van der Waals surface area contributed by atoms with Crippen LogP contribution in [-0.2, 0) is 22.7 Å². The molecule has 0 radical (unpaired) electrons. The van der Waals surface area contributed by atoms with E-state index < -0.39 is 11.9 Å². The van der Waals surface area contributed by atoms with E-state index in [1.807, 2.05) is 18.2 Å².